The molecule has 10 heteroatoms. The monoisotopic (exact) mass is 505 g/mol. The molecule has 1 aromatic heterocycles. The van der Waals surface area contributed by atoms with Crippen LogP contribution in [-0.2, 0) is 27.9 Å². The first-order chi connectivity index (χ1) is 16.6. The predicted octanol–water partition coefficient (Wildman–Crippen LogP) is 4.57. The van der Waals surface area contributed by atoms with Gasteiger partial charge >= 0.3 is 6.18 Å². The molecular weight excluding hydrogens is 479 g/mol. The van der Waals surface area contributed by atoms with E-state index in [0.717, 1.165) is 23.3 Å². The summed E-state index contributed by atoms with van der Waals surface area (Å²) in [7, 11) is 0. The summed E-state index contributed by atoms with van der Waals surface area (Å²) < 4.78 is 57.4. The van der Waals surface area contributed by atoms with Gasteiger partial charge in [0.25, 0.3) is 5.91 Å². The maximum absolute atomic E-state index is 13.0. The molecule has 4 rings (SSSR count). The Morgan fingerprint density at radius 2 is 1.77 bits per heavy atom. The molecule has 1 unspecified atom stereocenters. The number of halogens is 3. The maximum atomic E-state index is 13.0. The van der Waals surface area contributed by atoms with Crippen molar-refractivity contribution in [3.05, 3.63) is 71.1 Å². The highest BCUT2D eigenvalue weighted by Crippen LogP contribution is 2.32. The Morgan fingerprint density at radius 1 is 1.09 bits per heavy atom. The maximum Gasteiger partial charge on any atom is 0.416 e. The molecule has 0 N–H and O–H groups in total. The van der Waals surface area contributed by atoms with E-state index in [1.165, 1.54) is 6.07 Å². The van der Waals surface area contributed by atoms with Gasteiger partial charge in [-0.3, -0.25) is 4.79 Å². The molecule has 2 aromatic carbocycles. The third kappa shape index (κ3) is 6.18. The van der Waals surface area contributed by atoms with Gasteiger partial charge in [0.05, 0.1) is 5.56 Å². The molecule has 35 heavy (non-hydrogen) atoms. The lowest BCUT2D eigenvalue weighted by molar-refractivity contribution is -0.137. The number of carbonyl (C=O) groups is 1. The van der Waals surface area contributed by atoms with E-state index in [1.54, 1.807) is 17.9 Å². The number of piperazine rings is 1. The van der Waals surface area contributed by atoms with E-state index < -0.39 is 22.9 Å². The van der Waals surface area contributed by atoms with Crippen molar-refractivity contribution in [1.29, 1.82) is 0 Å². The van der Waals surface area contributed by atoms with E-state index in [4.69, 9.17) is 4.42 Å². The van der Waals surface area contributed by atoms with Crippen molar-refractivity contribution in [3.63, 3.8) is 0 Å². The lowest BCUT2D eigenvalue weighted by atomic mass is 10.1. The number of carbonyl (C=O) groups excluding carboxylic acids is 1. The number of nitrogens with zero attached hydrogens (tertiary/aromatic N) is 3. The third-order valence-electron chi connectivity index (χ3n) is 5.94. The molecule has 3 aromatic rings. The molecule has 1 fully saturated rings. The minimum Gasteiger partial charge on any atom is -0.616 e. The Bertz CT molecular complexity index is 1170. The van der Waals surface area contributed by atoms with Crippen molar-refractivity contribution < 1.29 is 26.9 Å². The number of amides is 1. The van der Waals surface area contributed by atoms with Gasteiger partial charge in [-0.05, 0) is 55.4 Å². The van der Waals surface area contributed by atoms with Crippen molar-refractivity contribution in [3.8, 4) is 11.5 Å². The summed E-state index contributed by atoms with van der Waals surface area (Å²) in [6, 6.07) is 12.9. The van der Waals surface area contributed by atoms with Gasteiger partial charge in [-0.2, -0.15) is 13.2 Å². The lowest BCUT2D eigenvalue weighted by Gasteiger charge is -2.36. The van der Waals surface area contributed by atoms with Crippen molar-refractivity contribution in [2.45, 2.75) is 25.8 Å². The summed E-state index contributed by atoms with van der Waals surface area (Å²) in [5.74, 6) is 0.738. The summed E-state index contributed by atoms with van der Waals surface area (Å²) in [6.07, 6.45) is -4.40. The minimum absolute atomic E-state index is 0.108. The highest BCUT2D eigenvalue weighted by Gasteiger charge is 2.31. The highest BCUT2D eigenvalue weighted by atomic mass is 32.2. The number of alkyl halides is 3. The van der Waals surface area contributed by atoms with Crippen LogP contribution in [0.5, 0.6) is 0 Å². The second kappa shape index (κ2) is 10.3. The molecule has 1 aliphatic rings. The normalized spacial score (nSPS) is 15.4. The fraction of sp³-hybridized carbons (Fsp3) is 0.360. The molecule has 0 bridgehead atoms. The second-order valence-corrected chi connectivity index (χ2v) is 9.99. The van der Waals surface area contributed by atoms with Crippen molar-refractivity contribution >= 4 is 22.8 Å². The number of aryl methyl sites for hydroxylation is 2. The van der Waals surface area contributed by atoms with E-state index in [0.29, 0.717) is 49.2 Å². The first kappa shape index (κ1) is 25.1. The van der Waals surface area contributed by atoms with Crippen molar-refractivity contribution in [1.82, 2.24) is 9.88 Å². The second-order valence-electron chi connectivity index (χ2n) is 8.53. The third-order valence-corrected chi connectivity index (χ3v) is 7.11. The van der Waals surface area contributed by atoms with Crippen LogP contribution < -0.4 is 4.90 Å². The summed E-state index contributed by atoms with van der Waals surface area (Å²) in [5.41, 5.74) is 2.28. The number of benzene rings is 2. The number of hydrogen-bond donors (Lipinski definition) is 0. The summed E-state index contributed by atoms with van der Waals surface area (Å²) in [4.78, 5) is 20.6. The number of rotatable bonds is 6. The van der Waals surface area contributed by atoms with Gasteiger partial charge in [0.2, 0.25) is 5.89 Å². The average Bonchev–Trinajstić information content (AvgIpc) is 3.19. The first-order valence-corrected chi connectivity index (χ1v) is 12.7. The van der Waals surface area contributed by atoms with Crippen molar-refractivity contribution in [2.24, 2.45) is 0 Å². The van der Waals surface area contributed by atoms with E-state index in [1.807, 2.05) is 36.1 Å². The molecule has 2 heterocycles. The number of oxazole rings is 1. The van der Waals surface area contributed by atoms with Crippen LogP contribution in [-0.4, -0.2) is 52.3 Å². The van der Waals surface area contributed by atoms with Crippen LogP contribution in [0.4, 0.5) is 18.9 Å². The molecule has 0 saturated carbocycles. The Hall–Kier alpha value is -2.98. The van der Waals surface area contributed by atoms with Crippen LogP contribution in [0.15, 0.2) is 52.9 Å². The molecule has 1 amide bonds. The Balaban J connectivity index is 1.30. The SMILES string of the molecule is Cc1ccc(-c2nc(C[S+]([O-])CC(=O)N3CCN(c4cccc(C(F)(F)F)c4)CC3)c(C)o2)cc1. The Labute approximate surface area is 204 Å². The van der Waals surface area contributed by atoms with Crippen LogP contribution in [0.1, 0.15) is 22.6 Å². The standard InChI is InChI=1S/C25H26F3N3O3S/c1-17-6-8-19(9-7-17)24-29-22(18(2)34-24)15-35(33)16-23(32)31-12-10-30(11-13-31)21-5-3-4-20(14-21)25(26,27)28/h3-9,14H,10-13,15-16H2,1-2H3. The van der Waals surface area contributed by atoms with Gasteiger partial charge in [-0.25, -0.2) is 4.98 Å². The van der Waals surface area contributed by atoms with Gasteiger partial charge in [-0.15, -0.1) is 0 Å². The van der Waals surface area contributed by atoms with Crippen LogP contribution >= 0.6 is 0 Å². The topological polar surface area (TPSA) is 72.6 Å². The number of aromatic nitrogens is 1. The van der Waals surface area contributed by atoms with E-state index in [9.17, 15) is 22.5 Å². The predicted molar refractivity (Wildman–Crippen MR) is 128 cm³/mol. The van der Waals surface area contributed by atoms with Gasteiger partial charge < -0.3 is 18.8 Å². The smallest absolute Gasteiger partial charge is 0.416 e. The zero-order chi connectivity index (χ0) is 25.2. The van der Waals surface area contributed by atoms with Crippen LogP contribution in [0.2, 0.25) is 0 Å². The molecule has 186 valence electrons. The van der Waals surface area contributed by atoms with E-state index in [2.05, 4.69) is 4.98 Å². The van der Waals surface area contributed by atoms with Crippen LogP contribution in [0.25, 0.3) is 11.5 Å². The lowest BCUT2D eigenvalue weighted by Crippen LogP contribution is -2.50. The molecule has 6 nitrogen and oxygen atoms in total. The fourth-order valence-electron chi connectivity index (χ4n) is 3.91. The van der Waals surface area contributed by atoms with E-state index in [-0.39, 0.29) is 17.4 Å². The summed E-state index contributed by atoms with van der Waals surface area (Å²) in [6.45, 7) is 5.26. The quantitative estimate of drug-likeness (QED) is 0.459. The van der Waals surface area contributed by atoms with Crippen LogP contribution in [0.3, 0.4) is 0 Å². The van der Waals surface area contributed by atoms with Crippen LogP contribution in [0, 0.1) is 13.8 Å². The summed E-state index contributed by atoms with van der Waals surface area (Å²) >= 11 is -1.47. The largest absolute Gasteiger partial charge is 0.616 e. The number of hydrogen-bond acceptors (Lipinski definition) is 5. The first-order valence-electron chi connectivity index (χ1n) is 11.2. The zero-order valence-electron chi connectivity index (χ0n) is 19.5. The zero-order valence-corrected chi connectivity index (χ0v) is 20.3. The molecule has 0 spiro atoms. The number of anilines is 1. The molecule has 1 saturated heterocycles. The molecular formula is C25H26F3N3O3S. The van der Waals surface area contributed by atoms with Gasteiger partial charge in [0, 0.05) is 37.4 Å². The van der Waals surface area contributed by atoms with Gasteiger partial charge in [-0.1, -0.05) is 23.8 Å². The summed E-state index contributed by atoms with van der Waals surface area (Å²) in [5, 5.41) is 0. The average molecular weight is 506 g/mol. The fourth-order valence-corrected chi connectivity index (χ4v) is 5.04. The molecule has 1 aliphatic heterocycles. The Morgan fingerprint density at radius 3 is 2.43 bits per heavy atom. The Kier molecular flexibility index (Phi) is 7.42. The molecule has 0 aliphatic carbocycles. The molecule has 0 radical (unpaired) electrons. The highest BCUT2D eigenvalue weighted by molar-refractivity contribution is 7.91. The van der Waals surface area contributed by atoms with Gasteiger partial charge in [0.1, 0.15) is 11.5 Å². The minimum atomic E-state index is -4.40. The van der Waals surface area contributed by atoms with E-state index >= 15 is 0 Å². The van der Waals surface area contributed by atoms with Crippen molar-refractivity contribution in [2.75, 3.05) is 36.8 Å². The molecule has 1 atom stereocenters. The van der Waals surface area contributed by atoms with Gasteiger partial charge in [0.15, 0.2) is 11.5 Å².